The van der Waals surface area contributed by atoms with E-state index in [1.165, 1.54) is 7.11 Å². The topological polar surface area (TPSA) is 55.4 Å². The van der Waals surface area contributed by atoms with Gasteiger partial charge in [0, 0.05) is 5.92 Å². The van der Waals surface area contributed by atoms with E-state index >= 15 is 0 Å². The van der Waals surface area contributed by atoms with Crippen LogP contribution in [0.25, 0.3) is 0 Å². The molecule has 4 heteroatoms. The molecule has 1 N–H and O–H groups in total. The zero-order valence-corrected chi connectivity index (χ0v) is 8.73. The first-order valence-corrected chi connectivity index (χ1v) is 5.23. The molecule has 0 aliphatic heterocycles. The zero-order valence-electron chi connectivity index (χ0n) is 8.73. The van der Waals surface area contributed by atoms with E-state index in [0.717, 1.165) is 12.8 Å². The van der Waals surface area contributed by atoms with Crippen molar-refractivity contribution >= 4 is 11.9 Å². The number of rotatable bonds is 3. The molecule has 1 fully saturated rings. The molecule has 2 aliphatic rings. The number of nitrogens with one attached hydrogen (secondary N) is 1. The van der Waals surface area contributed by atoms with Crippen molar-refractivity contribution in [3.8, 4) is 0 Å². The van der Waals surface area contributed by atoms with E-state index in [-0.39, 0.29) is 18.4 Å². The van der Waals surface area contributed by atoms with E-state index in [4.69, 9.17) is 0 Å². The first kappa shape index (κ1) is 10.2. The molecule has 4 nitrogen and oxygen atoms in total. The Morgan fingerprint density at radius 3 is 2.73 bits per heavy atom. The second-order valence-corrected chi connectivity index (χ2v) is 4.18. The van der Waals surface area contributed by atoms with Crippen molar-refractivity contribution in [1.82, 2.24) is 5.32 Å². The van der Waals surface area contributed by atoms with Gasteiger partial charge in [0.15, 0.2) is 0 Å². The lowest BCUT2D eigenvalue weighted by molar-refractivity contribution is -0.141. The lowest BCUT2D eigenvalue weighted by atomic mass is 9.93. The number of carbonyl (C=O) groups excluding carboxylic acids is 2. The van der Waals surface area contributed by atoms with Crippen molar-refractivity contribution in [2.45, 2.75) is 12.8 Å². The van der Waals surface area contributed by atoms with Crippen LogP contribution in [-0.4, -0.2) is 25.5 Å². The van der Waals surface area contributed by atoms with Gasteiger partial charge >= 0.3 is 5.97 Å². The van der Waals surface area contributed by atoms with Gasteiger partial charge in [-0.3, -0.25) is 9.59 Å². The molecule has 0 aromatic heterocycles. The number of fused-ring (bicyclic) bond motifs is 2. The molecule has 0 heterocycles. The summed E-state index contributed by atoms with van der Waals surface area (Å²) < 4.78 is 4.46. The average molecular weight is 209 g/mol. The minimum atomic E-state index is -0.401. The molecule has 2 bridgehead atoms. The largest absolute Gasteiger partial charge is 0.468 e. The molecule has 82 valence electrons. The summed E-state index contributed by atoms with van der Waals surface area (Å²) in [4.78, 5) is 22.5. The van der Waals surface area contributed by atoms with Crippen molar-refractivity contribution in [3.63, 3.8) is 0 Å². The van der Waals surface area contributed by atoms with Gasteiger partial charge in [0.1, 0.15) is 6.54 Å². The Bertz CT molecular complexity index is 311. The van der Waals surface area contributed by atoms with Crippen molar-refractivity contribution in [3.05, 3.63) is 12.2 Å². The van der Waals surface area contributed by atoms with Crippen LogP contribution in [0.2, 0.25) is 0 Å². The number of hydrogen-bond donors (Lipinski definition) is 1. The molecule has 3 unspecified atom stereocenters. The summed E-state index contributed by atoms with van der Waals surface area (Å²) in [5, 5.41) is 2.61. The van der Waals surface area contributed by atoms with E-state index in [1.54, 1.807) is 0 Å². The summed E-state index contributed by atoms with van der Waals surface area (Å²) in [5.41, 5.74) is 0. The third-order valence-electron chi connectivity index (χ3n) is 3.25. The first-order valence-electron chi connectivity index (χ1n) is 5.23. The summed E-state index contributed by atoms with van der Waals surface area (Å²) in [7, 11) is 1.31. The smallest absolute Gasteiger partial charge is 0.325 e. The molecule has 2 aliphatic carbocycles. The van der Waals surface area contributed by atoms with Gasteiger partial charge in [-0.25, -0.2) is 0 Å². The Morgan fingerprint density at radius 1 is 1.40 bits per heavy atom. The maximum absolute atomic E-state index is 11.7. The molecule has 2 rings (SSSR count). The SMILES string of the molecule is COC(=O)CNC(=O)C1CC2C=CC1C2. The van der Waals surface area contributed by atoms with Crippen LogP contribution in [-0.2, 0) is 14.3 Å². The number of esters is 1. The number of ether oxygens (including phenoxy) is 1. The Labute approximate surface area is 88.7 Å². The van der Waals surface area contributed by atoms with Crippen LogP contribution in [0.5, 0.6) is 0 Å². The lowest BCUT2D eigenvalue weighted by Crippen LogP contribution is -2.36. The predicted octanol–water partition coefficient (Wildman–Crippen LogP) is 0.488. The normalized spacial score (nSPS) is 31.7. The fourth-order valence-corrected chi connectivity index (χ4v) is 2.44. The minimum absolute atomic E-state index is 0.0164. The lowest BCUT2D eigenvalue weighted by Gasteiger charge is -2.16. The van der Waals surface area contributed by atoms with Crippen LogP contribution in [0.1, 0.15) is 12.8 Å². The van der Waals surface area contributed by atoms with Gasteiger partial charge < -0.3 is 10.1 Å². The molecule has 1 amide bonds. The molecular weight excluding hydrogens is 194 g/mol. The Kier molecular flexibility index (Phi) is 2.75. The van der Waals surface area contributed by atoms with Crippen molar-refractivity contribution < 1.29 is 14.3 Å². The molecule has 0 radical (unpaired) electrons. The number of carbonyl (C=O) groups is 2. The van der Waals surface area contributed by atoms with Gasteiger partial charge in [0.25, 0.3) is 0 Å². The van der Waals surface area contributed by atoms with Crippen LogP contribution in [0, 0.1) is 17.8 Å². The Hall–Kier alpha value is -1.32. The monoisotopic (exact) mass is 209 g/mol. The van der Waals surface area contributed by atoms with Crippen LogP contribution in [0.4, 0.5) is 0 Å². The van der Waals surface area contributed by atoms with Gasteiger partial charge in [-0.1, -0.05) is 12.2 Å². The number of allylic oxidation sites excluding steroid dienone is 2. The fourth-order valence-electron chi connectivity index (χ4n) is 2.44. The highest BCUT2D eigenvalue weighted by atomic mass is 16.5. The minimum Gasteiger partial charge on any atom is -0.468 e. The third kappa shape index (κ3) is 2.03. The summed E-state index contributed by atoms with van der Waals surface area (Å²) >= 11 is 0. The van der Waals surface area contributed by atoms with Crippen LogP contribution < -0.4 is 5.32 Å². The van der Waals surface area contributed by atoms with E-state index in [9.17, 15) is 9.59 Å². The van der Waals surface area contributed by atoms with E-state index < -0.39 is 5.97 Å². The van der Waals surface area contributed by atoms with E-state index in [1.807, 2.05) is 0 Å². The number of hydrogen-bond acceptors (Lipinski definition) is 3. The molecule has 3 atom stereocenters. The predicted molar refractivity (Wildman–Crippen MR) is 53.9 cm³/mol. The molecular formula is C11H15NO3. The van der Waals surface area contributed by atoms with Crippen LogP contribution >= 0.6 is 0 Å². The average Bonchev–Trinajstić information content (AvgIpc) is 2.86. The second-order valence-electron chi connectivity index (χ2n) is 4.18. The molecule has 0 saturated heterocycles. The highest BCUT2D eigenvalue weighted by Gasteiger charge is 2.39. The maximum Gasteiger partial charge on any atom is 0.325 e. The van der Waals surface area contributed by atoms with Crippen molar-refractivity contribution in [2.24, 2.45) is 17.8 Å². The highest BCUT2D eigenvalue weighted by Crippen LogP contribution is 2.43. The van der Waals surface area contributed by atoms with Gasteiger partial charge in [0.05, 0.1) is 7.11 Å². The van der Waals surface area contributed by atoms with E-state index in [2.05, 4.69) is 22.2 Å². The first-order chi connectivity index (χ1) is 7.20. The standard InChI is InChI=1S/C11H15NO3/c1-15-10(13)6-12-11(14)9-5-7-2-3-8(9)4-7/h2-3,7-9H,4-6H2,1H3,(H,12,14). The van der Waals surface area contributed by atoms with E-state index in [0.29, 0.717) is 11.8 Å². The Morgan fingerprint density at radius 2 is 2.20 bits per heavy atom. The maximum atomic E-state index is 11.7. The quantitative estimate of drug-likeness (QED) is 0.543. The highest BCUT2D eigenvalue weighted by molar-refractivity contribution is 5.84. The second kappa shape index (κ2) is 4.04. The van der Waals surface area contributed by atoms with Crippen molar-refractivity contribution in [2.75, 3.05) is 13.7 Å². The molecule has 0 aromatic carbocycles. The number of methoxy groups -OCH3 is 1. The third-order valence-corrected chi connectivity index (χ3v) is 3.25. The zero-order chi connectivity index (χ0) is 10.8. The fraction of sp³-hybridized carbons (Fsp3) is 0.636. The summed E-state index contributed by atoms with van der Waals surface area (Å²) in [5.74, 6) is 0.598. The summed E-state index contributed by atoms with van der Waals surface area (Å²) in [6.07, 6.45) is 6.33. The molecule has 1 saturated carbocycles. The number of amides is 1. The van der Waals surface area contributed by atoms with Crippen LogP contribution in [0.15, 0.2) is 12.2 Å². The molecule has 15 heavy (non-hydrogen) atoms. The summed E-state index contributed by atoms with van der Waals surface area (Å²) in [6, 6.07) is 0. The molecule has 0 aromatic rings. The van der Waals surface area contributed by atoms with Gasteiger partial charge in [-0.15, -0.1) is 0 Å². The Balaban J connectivity index is 1.82. The van der Waals surface area contributed by atoms with Gasteiger partial charge in [0.2, 0.25) is 5.91 Å². The molecule has 0 spiro atoms. The van der Waals surface area contributed by atoms with Crippen LogP contribution in [0.3, 0.4) is 0 Å². The van der Waals surface area contributed by atoms with Gasteiger partial charge in [-0.2, -0.15) is 0 Å². The van der Waals surface area contributed by atoms with Gasteiger partial charge in [-0.05, 0) is 24.7 Å². The summed E-state index contributed by atoms with van der Waals surface area (Å²) in [6.45, 7) is -0.0209. The van der Waals surface area contributed by atoms with Crippen molar-refractivity contribution in [1.29, 1.82) is 0 Å².